The summed E-state index contributed by atoms with van der Waals surface area (Å²) in [5, 5.41) is 4.64. The largest absolute Gasteiger partial charge is 0.243 e. The predicted octanol–water partition coefficient (Wildman–Crippen LogP) is -0.593. The van der Waals surface area contributed by atoms with E-state index in [1.54, 1.807) is 0 Å². The first-order valence-corrected chi connectivity index (χ1v) is 11.1. The molecule has 1 heterocycles. The molecule has 2 N–H and O–H groups in total. The number of rotatable bonds is 3. The molecular formula is C10H13ClN2O6S3. The van der Waals surface area contributed by atoms with Gasteiger partial charge in [0.1, 0.15) is 4.90 Å². The fourth-order valence-corrected chi connectivity index (χ4v) is 6.01. The van der Waals surface area contributed by atoms with E-state index in [-0.39, 0.29) is 39.4 Å². The summed E-state index contributed by atoms with van der Waals surface area (Å²) in [5.41, 5.74) is 0. The van der Waals surface area contributed by atoms with Gasteiger partial charge in [0.2, 0.25) is 20.0 Å². The third-order valence-electron chi connectivity index (χ3n) is 3.15. The van der Waals surface area contributed by atoms with Gasteiger partial charge < -0.3 is 0 Å². The van der Waals surface area contributed by atoms with Gasteiger partial charge in [-0.1, -0.05) is 11.6 Å². The van der Waals surface area contributed by atoms with Crippen molar-refractivity contribution in [1.29, 1.82) is 0 Å². The molecule has 1 aromatic rings. The third-order valence-corrected chi connectivity index (χ3v) is 8.05. The molecule has 8 nitrogen and oxygen atoms in total. The van der Waals surface area contributed by atoms with Crippen molar-refractivity contribution in [2.24, 2.45) is 5.14 Å². The van der Waals surface area contributed by atoms with Crippen LogP contribution >= 0.6 is 11.6 Å². The van der Waals surface area contributed by atoms with E-state index in [2.05, 4.69) is 0 Å². The molecule has 0 saturated carbocycles. The summed E-state index contributed by atoms with van der Waals surface area (Å²) in [5.74, 6) is -0.509. The third kappa shape index (κ3) is 3.60. The van der Waals surface area contributed by atoms with Crippen molar-refractivity contribution in [3.63, 3.8) is 0 Å². The van der Waals surface area contributed by atoms with Crippen molar-refractivity contribution in [3.8, 4) is 0 Å². The number of nitrogens with two attached hydrogens (primary N) is 1. The monoisotopic (exact) mass is 388 g/mol. The molecule has 22 heavy (non-hydrogen) atoms. The van der Waals surface area contributed by atoms with Gasteiger partial charge in [-0.2, -0.15) is 4.31 Å². The number of benzene rings is 1. The highest BCUT2D eigenvalue weighted by atomic mass is 35.5. The summed E-state index contributed by atoms with van der Waals surface area (Å²) in [7, 11) is -11.2. The minimum absolute atomic E-state index is 0.154. The van der Waals surface area contributed by atoms with Crippen LogP contribution in [0.5, 0.6) is 0 Å². The van der Waals surface area contributed by atoms with E-state index in [9.17, 15) is 25.3 Å². The van der Waals surface area contributed by atoms with Gasteiger partial charge in [0.25, 0.3) is 0 Å². The highest BCUT2D eigenvalue weighted by Crippen LogP contribution is 2.26. The van der Waals surface area contributed by atoms with E-state index >= 15 is 0 Å². The van der Waals surface area contributed by atoms with Crippen LogP contribution in [0.15, 0.2) is 28.0 Å². The lowest BCUT2D eigenvalue weighted by molar-refractivity contribution is 0.430. The first-order chi connectivity index (χ1) is 9.93. The zero-order valence-electron chi connectivity index (χ0n) is 11.1. The first-order valence-electron chi connectivity index (χ1n) is 5.96. The Balaban J connectivity index is 2.37. The zero-order valence-corrected chi connectivity index (χ0v) is 14.3. The van der Waals surface area contributed by atoms with E-state index in [0.29, 0.717) is 0 Å². The maximum absolute atomic E-state index is 12.4. The average Bonchev–Trinajstić information content (AvgIpc) is 2.36. The molecule has 1 fully saturated rings. The molecule has 0 aromatic heterocycles. The van der Waals surface area contributed by atoms with Crippen LogP contribution in [0.25, 0.3) is 0 Å². The molecule has 1 aromatic carbocycles. The Kier molecular flexibility index (Phi) is 4.59. The SMILES string of the molecule is NS(=O)(=O)c1ccc(S(=O)(=O)N2CCS(=O)(=O)CC2)cc1Cl. The van der Waals surface area contributed by atoms with Gasteiger partial charge in [-0.15, -0.1) is 0 Å². The van der Waals surface area contributed by atoms with E-state index in [1.165, 1.54) is 0 Å². The average molecular weight is 389 g/mol. The van der Waals surface area contributed by atoms with Crippen LogP contribution in [-0.4, -0.2) is 54.2 Å². The van der Waals surface area contributed by atoms with Gasteiger partial charge in [-0.25, -0.2) is 30.4 Å². The predicted molar refractivity (Wildman–Crippen MR) is 80.2 cm³/mol. The zero-order chi connectivity index (χ0) is 16.8. The normalized spacial score (nSPS) is 19.9. The maximum Gasteiger partial charge on any atom is 0.243 e. The molecule has 0 bridgehead atoms. The van der Waals surface area contributed by atoms with Crippen LogP contribution < -0.4 is 5.14 Å². The molecule has 2 rings (SSSR count). The molecule has 12 heteroatoms. The minimum Gasteiger partial charge on any atom is -0.229 e. The Labute approximate surface area is 133 Å². The van der Waals surface area contributed by atoms with Gasteiger partial charge in [-0.05, 0) is 18.2 Å². The molecule has 0 spiro atoms. The van der Waals surface area contributed by atoms with Crippen molar-refractivity contribution in [3.05, 3.63) is 23.2 Å². The lowest BCUT2D eigenvalue weighted by Gasteiger charge is -2.26. The lowest BCUT2D eigenvalue weighted by atomic mass is 10.4. The van der Waals surface area contributed by atoms with Crippen LogP contribution in [0.3, 0.4) is 0 Å². The molecule has 1 aliphatic rings. The summed E-state index contributed by atoms with van der Waals surface area (Å²) >= 11 is 5.77. The van der Waals surface area contributed by atoms with E-state index in [0.717, 1.165) is 22.5 Å². The van der Waals surface area contributed by atoms with E-state index in [4.69, 9.17) is 16.7 Å². The number of halogens is 1. The Hall–Kier alpha value is -0.720. The number of sulfonamides is 2. The van der Waals surface area contributed by atoms with Crippen LogP contribution in [0, 0.1) is 0 Å². The number of nitrogens with zero attached hydrogens (tertiary/aromatic N) is 1. The Bertz CT molecular complexity index is 894. The van der Waals surface area contributed by atoms with Crippen LogP contribution in [-0.2, 0) is 29.9 Å². The molecule has 1 aliphatic heterocycles. The standard InChI is InChI=1S/C10H13ClN2O6S3/c11-9-7-8(1-2-10(9)21(12,16)17)22(18,19)13-3-5-20(14,15)6-4-13/h1-2,7H,3-6H2,(H2,12,16,17). The fraction of sp³-hybridized carbons (Fsp3) is 0.400. The topological polar surface area (TPSA) is 132 Å². The molecule has 0 amide bonds. The second-order valence-electron chi connectivity index (χ2n) is 4.69. The highest BCUT2D eigenvalue weighted by molar-refractivity contribution is 7.92. The van der Waals surface area contributed by atoms with Crippen LogP contribution in [0.1, 0.15) is 0 Å². The summed E-state index contributed by atoms with van der Waals surface area (Å²) < 4.78 is 71.0. The van der Waals surface area contributed by atoms with Gasteiger partial charge >= 0.3 is 0 Å². The van der Waals surface area contributed by atoms with E-state index < -0.39 is 29.9 Å². The molecule has 1 saturated heterocycles. The van der Waals surface area contributed by atoms with Crippen molar-refractivity contribution in [2.75, 3.05) is 24.6 Å². The number of hydrogen-bond donors (Lipinski definition) is 1. The fourth-order valence-electron chi connectivity index (χ4n) is 1.96. The maximum atomic E-state index is 12.4. The molecule has 0 radical (unpaired) electrons. The Morgan fingerprint density at radius 2 is 1.64 bits per heavy atom. The summed E-state index contributed by atoms with van der Waals surface area (Å²) in [6.45, 7) is -0.307. The van der Waals surface area contributed by atoms with Gasteiger partial charge in [0.05, 0.1) is 21.4 Å². The van der Waals surface area contributed by atoms with Crippen LogP contribution in [0.4, 0.5) is 0 Å². The quantitative estimate of drug-likeness (QED) is 0.735. The van der Waals surface area contributed by atoms with Gasteiger partial charge in [-0.3, -0.25) is 0 Å². The molecule has 0 unspecified atom stereocenters. The second kappa shape index (κ2) is 5.73. The van der Waals surface area contributed by atoms with Crippen molar-refractivity contribution >= 4 is 41.5 Å². The van der Waals surface area contributed by atoms with Crippen molar-refractivity contribution in [2.45, 2.75) is 9.79 Å². The van der Waals surface area contributed by atoms with Gasteiger partial charge in [0, 0.05) is 13.1 Å². The second-order valence-corrected chi connectivity index (χ2v) is 10.9. The molecule has 0 aliphatic carbocycles. The summed E-state index contributed by atoms with van der Waals surface area (Å²) in [4.78, 5) is -0.599. The molecule has 0 atom stereocenters. The molecule has 124 valence electrons. The van der Waals surface area contributed by atoms with Crippen molar-refractivity contribution < 1.29 is 25.3 Å². The van der Waals surface area contributed by atoms with E-state index in [1.807, 2.05) is 0 Å². The number of hydrogen-bond acceptors (Lipinski definition) is 6. The summed E-state index contributed by atoms with van der Waals surface area (Å²) in [6, 6.07) is 3.06. The Morgan fingerprint density at radius 1 is 1.09 bits per heavy atom. The smallest absolute Gasteiger partial charge is 0.229 e. The first kappa shape index (κ1) is 17.6. The summed E-state index contributed by atoms with van der Waals surface area (Å²) in [6.07, 6.45) is 0. The minimum atomic E-state index is -4.06. The molecular weight excluding hydrogens is 376 g/mol. The highest BCUT2D eigenvalue weighted by Gasteiger charge is 2.31. The van der Waals surface area contributed by atoms with Crippen LogP contribution in [0.2, 0.25) is 5.02 Å². The van der Waals surface area contributed by atoms with Gasteiger partial charge in [0.15, 0.2) is 9.84 Å². The number of primary sulfonamides is 1. The van der Waals surface area contributed by atoms with Crippen molar-refractivity contribution in [1.82, 2.24) is 4.31 Å². The lowest BCUT2D eigenvalue weighted by Crippen LogP contribution is -2.43. The number of sulfone groups is 1. The Morgan fingerprint density at radius 3 is 2.09 bits per heavy atom.